The Balaban J connectivity index is 2.34. The third kappa shape index (κ3) is 1.62. The lowest BCUT2D eigenvalue weighted by molar-refractivity contribution is 0.394. The first-order valence-electron chi connectivity index (χ1n) is 4.46. The zero-order valence-electron chi connectivity index (χ0n) is 8.27. The fraction of sp³-hybridized carbons (Fsp3) is 0.182. The first-order chi connectivity index (χ1) is 6.79. The van der Waals surface area contributed by atoms with E-state index in [9.17, 15) is 0 Å². The zero-order valence-corrected chi connectivity index (χ0v) is 8.27. The van der Waals surface area contributed by atoms with Crippen molar-refractivity contribution in [2.24, 2.45) is 0 Å². The highest BCUT2D eigenvalue weighted by molar-refractivity contribution is 5.34. The number of hydrogen-bond donors (Lipinski definition) is 0. The van der Waals surface area contributed by atoms with Gasteiger partial charge in [-0.15, -0.1) is 5.10 Å². The average molecular weight is 188 g/mol. The summed E-state index contributed by atoms with van der Waals surface area (Å²) < 4.78 is 6.80. The molecule has 0 amide bonds. The van der Waals surface area contributed by atoms with Crippen molar-refractivity contribution in [3.8, 4) is 11.6 Å². The minimum absolute atomic E-state index is 0.630. The number of rotatable bonds is 2. The van der Waals surface area contributed by atoms with Gasteiger partial charge in [0.05, 0.1) is 12.8 Å². The molecule has 0 aliphatic rings. The van der Waals surface area contributed by atoms with Gasteiger partial charge in [0.2, 0.25) is 5.88 Å². The Bertz CT molecular complexity index is 417. The zero-order chi connectivity index (χ0) is 9.97. The van der Waals surface area contributed by atoms with Gasteiger partial charge in [-0.3, -0.25) is 0 Å². The fourth-order valence-electron chi connectivity index (χ4n) is 1.26. The molecule has 3 nitrogen and oxygen atoms in total. The van der Waals surface area contributed by atoms with Crippen LogP contribution in [0.25, 0.3) is 5.69 Å². The maximum atomic E-state index is 5.01. The normalized spacial score (nSPS) is 10.1. The second kappa shape index (κ2) is 3.54. The molecule has 0 saturated carbocycles. The summed E-state index contributed by atoms with van der Waals surface area (Å²) in [6, 6.07) is 10.0. The van der Waals surface area contributed by atoms with Crippen LogP contribution in [-0.4, -0.2) is 16.9 Å². The van der Waals surface area contributed by atoms with Crippen LogP contribution in [0.5, 0.6) is 5.88 Å². The van der Waals surface area contributed by atoms with E-state index in [-0.39, 0.29) is 0 Å². The Kier molecular flexibility index (Phi) is 2.23. The van der Waals surface area contributed by atoms with E-state index in [0.717, 1.165) is 5.69 Å². The van der Waals surface area contributed by atoms with Crippen molar-refractivity contribution in [2.75, 3.05) is 7.11 Å². The molecule has 0 N–H and O–H groups in total. The largest absolute Gasteiger partial charge is 0.480 e. The lowest BCUT2D eigenvalue weighted by Crippen LogP contribution is -1.94. The van der Waals surface area contributed by atoms with Crippen molar-refractivity contribution < 1.29 is 4.74 Å². The second-order valence-electron chi connectivity index (χ2n) is 3.14. The molecule has 3 heteroatoms. The molecule has 0 atom stereocenters. The monoisotopic (exact) mass is 188 g/mol. The molecule has 72 valence electrons. The van der Waals surface area contributed by atoms with E-state index >= 15 is 0 Å². The maximum absolute atomic E-state index is 5.01. The van der Waals surface area contributed by atoms with E-state index in [2.05, 4.69) is 24.2 Å². The van der Waals surface area contributed by atoms with Crippen molar-refractivity contribution in [3.05, 3.63) is 42.1 Å². The van der Waals surface area contributed by atoms with Crippen molar-refractivity contribution in [2.45, 2.75) is 6.92 Å². The molecule has 2 rings (SSSR count). The SMILES string of the molecule is COc1ccn(-c2ccc(C)cc2)n1. The Morgan fingerprint density at radius 1 is 1.14 bits per heavy atom. The van der Waals surface area contributed by atoms with Crippen LogP contribution in [0.15, 0.2) is 36.5 Å². The van der Waals surface area contributed by atoms with E-state index in [1.807, 2.05) is 24.4 Å². The van der Waals surface area contributed by atoms with E-state index in [1.165, 1.54) is 5.56 Å². The van der Waals surface area contributed by atoms with Gasteiger partial charge in [0.1, 0.15) is 0 Å². The van der Waals surface area contributed by atoms with Gasteiger partial charge in [0.15, 0.2) is 0 Å². The van der Waals surface area contributed by atoms with Crippen molar-refractivity contribution >= 4 is 0 Å². The molecule has 0 saturated heterocycles. The predicted octanol–water partition coefficient (Wildman–Crippen LogP) is 2.19. The van der Waals surface area contributed by atoms with Crippen LogP contribution in [0.4, 0.5) is 0 Å². The highest BCUT2D eigenvalue weighted by Crippen LogP contribution is 2.11. The average Bonchev–Trinajstić information content (AvgIpc) is 2.67. The van der Waals surface area contributed by atoms with E-state index < -0.39 is 0 Å². The number of aromatic nitrogens is 2. The number of ether oxygens (including phenoxy) is 1. The molecule has 0 aliphatic heterocycles. The summed E-state index contributed by atoms with van der Waals surface area (Å²) in [4.78, 5) is 0. The molecular formula is C11H12N2O. The molecule has 0 radical (unpaired) electrons. The Hall–Kier alpha value is -1.77. The molecule has 1 aromatic carbocycles. The van der Waals surface area contributed by atoms with Crippen LogP contribution in [0, 0.1) is 6.92 Å². The van der Waals surface area contributed by atoms with Crippen LogP contribution in [0.1, 0.15) is 5.56 Å². The summed E-state index contributed by atoms with van der Waals surface area (Å²) in [5.41, 5.74) is 2.28. The number of methoxy groups -OCH3 is 1. The maximum Gasteiger partial charge on any atom is 0.232 e. The summed E-state index contributed by atoms with van der Waals surface area (Å²) in [5.74, 6) is 0.630. The van der Waals surface area contributed by atoms with Crippen LogP contribution in [-0.2, 0) is 0 Å². The Labute approximate surface area is 82.9 Å². The van der Waals surface area contributed by atoms with Gasteiger partial charge in [0.25, 0.3) is 0 Å². The van der Waals surface area contributed by atoms with Crippen LogP contribution in [0.2, 0.25) is 0 Å². The van der Waals surface area contributed by atoms with Crippen LogP contribution < -0.4 is 4.74 Å². The third-order valence-electron chi connectivity index (χ3n) is 2.07. The molecule has 0 fully saturated rings. The second-order valence-corrected chi connectivity index (χ2v) is 3.14. The molecule has 2 aromatic rings. The first kappa shape index (κ1) is 8.81. The topological polar surface area (TPSA) is 27.1 Å². The molecule has 0 aliphatic carbocycles. The van der Waals surface area contributed by atoms with Gasteiger partial charge < -0.3 is 4.74 Å². The lowest BCUT2D eigenvalue weighted by Gasteiger charge is -2.00. The van der Waals surface area contributed by atoms with E-state index in [1.54, 1.807) is 11.8 Å². The molecule has 0 bridgehead atoms. The fourth-order valence-corrected chi connectivity index (χ4v) is 1.26. The number of aryl methyl sites for hydroxylation is 1. The quantitative estimate of drug-likeness (QED) is 0.722. The molecular weight excluding hydrogens is 176 g/mol. The number of benzene rings is 1. The molecule has 1 aromatic heterocycles. The van der Waals surface area contributed by atoms with Crippen molar-refractivity contribution in [3.63, 3.8) is 0 Å². The van der Waals surface area contributed by atoms with Gasteiger partial charge in [-0.2, -0.15) is 0 Å². The molecule has 14 heavy (non-hydrogen) atoms. The van der Waals surface area contributed by atoms with Crippen molar-refractivity contribution in [1.29, 1.82) is 0 Å². The summed E-state index contributed by atoms with van der Waals surface area (Å²) in [5, 5.41) is 4.22. The summed E-state index contributed by atoms with van der Waals surface area (Å²) in [7, 11) is 1.61. The Morgan fingerprint density at radius 2 is 1.86 bits per heavy atom. The number of hydrogen-bond acceptors (Lipinski definition) is 2. The summed E-state index contributed by atoms with van der Waals surface area (Å²) >= 11 is 0. The van der Waals surface area contributed by atoms with Crippen LogP contribution >= 0.6 is 0 Å². The molecule has 0 unspecified atom stereocenters. The van der Waals surface area contributed by atoms with Crippen LogP contribution in [0.3, 0.4) is 0 Å². The smallest absolute Gasteiger partial charge is 0.232 e. The standard InChI is InChI=1S/C11H12N2O/c1-9-3-5-10(6-4-9)13-8-7-11(12-13)14-2/h3-8H,1-2H3. The van der Waals surface area contributed by atoms with E-state index in [0.29, 0.717) is 5.88 Å². The minimum Gasteiger partial charge on any atom is -0.480 e. The van der Waals surface area contributed by atoms with E-state index in [4.69, 9.17) is 4.74 Å². The highest BCUT2D eigenvalue weighted by Gasteiger charge is 1.99. The van der Waals surface area contributed by atoms with Gasteiger partial charge >= 0.3 is 0 Å². The van der Waals surface area contributed by atoms with Gasteiger partial charge in [0, 0.05) is 12.3 Å². The third-order valence-corrected chi connectivity index (χ3v) is 2.07. The summed E-state index contributed by atoms with van der Waals surface area (Å²) in [6.45, 7) is 2.06. The first-order valence-corrected chi connectivity index (χ1v) is 4.46. The van der Waals surface area contributed by atoms with Gasteiger partial charge in [-0.05, 0) is 19.1 Å². The number of nitrogens with zero attached hydrogens (tertiary/aromatic N) is 2. The molecule has 1 heterocycles. The predicted molar refractivity (Wildman–Crippen MR) is 54.9 cm³/mol. The lowest BCUT2D eigenvalue weighted by atomic mass is 10.2. The Morgan fingerprint density at radius 3 is 2.43 bits per heavy atom. The van der Waals surface area contributed by atoms with Gasteiger partial charge in [-0.1, -0.05) is 17.7 Å². The van der Waals surface area contributed by atoms with Crippen molar-refractivity contribution in [1.82, 2.24) is 9.78 Å². The van der Waals surface area contributed by atoms with Gasteiger partial charge in [-0.25, -0.2) is 4.68 Å². The minimum atomic E-state index is 0.630. The molecule has 0 spiro atoms. The summed E-state index contributed by atoms with van der Waals surface area (Å²) in [6.07, 6.45) is 1.88. The highest BCUT2D eigenvalue weighted by atomic mass is 16.5.